The molecule has 3 rings (SSSR count). The van der Waals surface area contributed by atoms with Gasteiger partial charge in [0.15, 0.2) is 5.82 Å². The van der Waals surface area contributed by atoms with Crippen molar-refractivity contribution in [2.24, 2.45) is 5.92 Å². The van der Waals surface area contributed by atoms with Gasteiger partial charge in [0, 0.05) is 31.9 Å². The Morgan fingerprint density at radius 3 is 3.19 bits per heavy atom. The molecule has 1 N–H and O–H groups in total. The standard InChI is InChI=1S/C15H20N4O2/c1-11-9-13-15(16-6-8-19(13)17-11)18-7-2-3-12(10-18)4-5-14(20)21/h6,8-9,12H,2-5,7,10H2,1H3,(H,20,21). The highest BCUT2D eigenvalue weighted by atomic mass is 16.4. The highest BCUT2D eigenvalue weighted by Gasteiger charge is 2.23. The second-order valence-corrected chi connectivity index (χ2v) is 5.75. The van der Waals surface area contributed by atoms with Crippen LogP contribution in [0.4, 0.5) is 5.82 Å². The predicted molar refractivity (Wildman–Crippen MR) is 79.5 cm³/mol. The Morgan fingerprint density at radius 1 is 1.52 bits per heavy atom. The molecule has 6 nitrogen and oxygen atoms in total. The lowest BCUT2D eigenvalue weighted by Gasteiger charge is -2.33. The minimum atomic E-state index is -0.709. The Morgan fingerprint density at radius 2 is 2.38 bits per heavy atom. The second kappa shape index (κ2) is 5.71. The molecule has 0 saturated carbocycles. The summed E-state index contributed by atoms with van der Waals surface area (Å²) in [5.74, 6) is 0.679. The highest BCUT2D eigenvalue weighted by Crippen LogP contribution is 2.27. The van der Waals surface area contributed by atoms with E-state index < -0.39 is 5.97 Å². The van der Waals surface area contributed by atoms with Crippen molar-refractivity contribution in [1.82, 2.24) is 14.6 Å². The fourth-order valence-corrected chi connectivity index (χ4v) is 3.09. The van der Waals surface area contributed by atoms with Crippen LogP contribution in [0.3, 0.4) is 0 Å². The van der Waals surface area contributed by atoms with Crippen molar-refractivity contribution in [1.29, 1.82) is 0 Å². The van der Waals surface area contributed by atoms with Crippen molar-refractivity contribution in [2.75, 3.05) is 18.0 Å². The minimum absolute atomic E-state index is 0.252. The third kappa shape index (κ3) is 2.99. The van der Waals surface area contributed by atoms with Crippen LogP contribution in [0.5, 0.6) is 0 Å². The second-order valence-electron chi connectivity index (χ2n) is 5.75. The van der Waals surface area contributed by atoms with Crippen molar-refractivity contribution in [3.63, 3.8) is 0 Å². The van der Waals surface area contributed by atoms with Gasteiger partial charge in [-0.05, 0) is 38.2 Å². The number of rotatable bonds is 4. The molecule has 0 spiro atoms. The Balaban J connectivity index is 1.80. The molecule has 3 heterocycles. The Kier molecular flexibility index (Phi) is 3.77. The summed E-state index contributed by atoms with van der Waals surface area (Å²) < 4.78 is 1.86. The smallest absolute Gasteiger partial charge is 0.303 e. The van der Waals surface area contributed by atoms with Crippen molar-refractivity contribution in [2.45, 2.75) is 32.6 Å². The fourth-order valence-electron chi connectivity index (χ4n) is 3.09. The van der Waals surface area contributed by atoms with Gasteiger partial charge in [-0.1, -0.05) is 0 Å². The summed E-state index contributed by atoms with van der Waals surface area (Å²) in [6.07, 6.45) is 6.81. The first-order chi connectivity index (χ1) is 10.1. The number of carbonyl (C=O) groups is 1. The van der Waals surface area contributed by atoms with Gasteiger partial charge in [-0.3, -0.25) is 4.79 Å². The van der Waals surface area contributed by atoms with Gasteiger partial charge in [0.25, 0.3) is 0 Å². The topological polar surface area (TPSA) is 70.7 Å². The molecular weight excluding hydrogens is 268 g/mol. The lowest BCUT2D eigenvalue weighted by atomic mass is 9.93. The number of hydrogen-bond acceptors (Lipinski definition) is 4. The van der Waals surface area contributed by atoms with Crippen LogP contribution >= 0.6 is 0 Å². The van der Waals surface area contributed by atoms with Gasteiger partial charge in [-0.15, -0.1) is 0 Å². The molecule has 0 radical (unpaired) electrons. The van der Waals surface area contributed by atoms with Gasteiger partial charge in [0.05, 0.1) is 5.69 Å². The fraction of sp³-hybridized carbons (Fsp3) is 0.533. The molecule has 1 fully saturated rings. The number of piperidine rings is 1. The van der Waals surface area contributed by atoms with Crippen molar-refractivity contribution in [3.05, 3.63) is 24.2 Å². The maximum absolute atomic E-state index is 10.7. The monoisotopic (exact) mass is 288 g/mol. The number of nitrogens with zero attached hydrogens (tertiary/aromatic N) is 4. The van der Waals surface area contributed by atoms with E-state index in [-0.39, 0.29) is 6.42 Å². The van der Waals surface area contributed by atoms with Crippen LogP contribution in [-0.4, -0.2) is 38.8 Å². The lowest BCUT2D eigenvalue weighted by Crippen LogP contribution is -2.36. The first kappa shape index (κ1) is 13.9. The molecule has 1 atom stereocenters. The largest absolute Gasteiger partial charge is 0.481 e. The first-order valence-electron chi connectivity index (χ1n) is 7.41. The highest BCUT2D eigenvalue weighted by molar-refractivity contribution is 5.69. The molecule has 2 aromatic heterocycles. The molecule has 2 aromatic rings. The molecule has 0 aromatic carbocycles. The molecule has 21 heavy (non-hydrogen) atoms. The van der Waals surface area contributed by atoms with E-state index in [0.29, 0.717) is 5.92 Å². The Hall–Kier alpha value is -2.11. The molecule has 0 bridgehead atoms. The van der Waals surface area contributed by atoms with E-state index in [4.69, 9.17) is 5.11 Å². The summed E-state index contributed by atoms with van der Waals surface area (Å²) in [4.78, 5) is 17.5. The quantitative estimate of drug-likeness (QED) is 0.933. The molecule has 1 aliphatic heterocycles. The number of aromatic nitrogens is 3. The van der Waals surface area contributed by atoms with Crippen molar-refractivity contribution < 1.29 is 9.90 Å². The number of hydrogen-bond donors (Lipinski definition) is 1. The van der Waals surface area contributed by atoms with E-state index in [0.717, 1.165) is 49.4 Å². The van der Waals surface area contributed by atoms with E-state index in [9.17, 15) is 4.79 Å². The average Bonchev–Trinajstić information content (AvgIpc) is 2.85. The van der Waals surface area contributed by atoms with E-state index in [1.807, 2.05) is 23.7 Å². The zero-order valence-electron chi connectivity index (χ0n) is 12.2. The van der Waals surface area contributed by atoms with E-state index >= 15 is 0 Å². The van der Waals surface area contributed by atoms with Gasteiger partial charge in [0.1, 0.15) is 5.52 Å². The van der Waals surface area contributed by atoms with Crippen molar-refractivity contribution in [3.8, 4) is 0 Å². The lowest BCUT2D eigenvalue weighted by molar-refractivity contribution is -0.137. The van der Waals surface area contributed by atoms with Crippen LogP contribution in [-0.2, 0) is 4.79 Å². The summed E-state index contributed by atoms with van der Waals surface area (Å²) >= 11 is 0. The van der Waals surface area contributed by atoms with Gasteiger partial charge in [0.2, 0.25) is 0 Å². The maximum atomic E-state index is 10.7. The molecule has 1 unspecified atom stereocenters. The number of carboxylic acid groups (broad SMARTS) is 1. The molecule has 1 saturated heterocycles. The summed E-state index contributed by atoms with van der Waals surface area (Å²) in [5, 5.41) is 13.3. The van der Waals surface area contributed by atoms with E-state index in [1.165, 1.54) is 0 Å². The predicted octanol–water partition coefficient (Wildman–Crippen LogP) is 2.12. The zero-order valence-corrected chi connectivity index (χ0v) is 12.2. The summed E-state index contributed by atoms with van der Waals surface area (Å²) in [7, 11) is 0. The normalized spacial score (nSPS) is 19.1. The van der Waals surface area contributed by atoms with Crippen LogP contribution in [0.25, 0.3) is 5.52 Å². The van der Waals surface area contributed by atoms with Crippen LogP contribution in [0, 0.1) is 12.8 Å². The van der Waals surface area contributed by atoms with Gasteiger partial charge < -0.3 is 10.0 Å². The minimum Gasteiger partial charge on any atom is -0.481 e. The number of anilines is 1. The van der Waals surface area contributed by atoms with Gasteiger partial charge >= 0.3 is 5.97 Å². The summed E-state index contributed by atoms with van der Waals surface area (Å²) in [6.45, 7) is 3.83. The summed E-state index contributed by atoms with van der Waals surface area (Å²) in [6, 6.07) is 2.04. The van der Waals surface area contributed by atoms with E-state index in [2.05, 4.69) is 15.0 Å². The van der Waals surface area contributed by atoms with Crippen molar-refractivity contribution >= 4 is 17.3 Å². The molecule has 6 heteroatoms. The summed E-state index contributed by atoms with van der Waals surface area (Å²) in [5.41, 5.74) is 2.00. The van der Waals surface area contributed by atoms with Crippen LogP contribution in [0.2, 0.25) is 0 Å². The maximum Gasteiger partial charge on any atom is 0.303 e. The SMILES string of the molecule is Cc1cc2c(N3CCCC(CCC(=O)O)C3)nccn2n1. The van der Waals surface area contributed by atoms with Gasteiger partial charge in [-0.25, -0.2) is 9.50 Å². The first-order valence-corrected chi connectivity index (χ1v) is 7.41. The average molecular weight is 288 g/mol. The van der Waals surface area contributed by atoms with Crippen LogP contribution < -0.4 is 4.90 Å². The van der Waals surface area contributed by atoms with Crippen LogP contribution in [0.1, 0.15) is 31.4 Å². The Labute approximate surface area is 123 Å². The van der Waals surface area contributed by atoms with Crippen LogP contribution in [0.15, 0.2) is 18.5 Å². The third-order valence-electron chi connectivity index (χ3n) is 4.08. The number of fused-ring (bicyclic) bond motifs is 1. The molecule has 112 valence electrons. The molecular formula is C15H20N4O2. The van der Waals surface area contributed by atoms with E-state index in [1.54, 1.807) is 6.20 Å². The molecule has 0 amide bonds. The molecule has 1 aliphatic rings. The number of aryl methyl sites for hydroxylation is 1. The molecule has 0 aliphatic carbocycles. The zero-order chi connectivity index (χ0) is 14.8. The number of aliphatic carboxylic acids is 1. The third-order valence-corrected chi connectivity index (χ3v) is 4.08. The Bertz CT molecular complexity index is 652. The number of carboxylic acids is 1. The van der Waals surface area contributed by atoms with Gasteiger partial charge in [-0.2, -0.15) is 5.10 Å².